The van der Waals surface area contributed by atoms with Crippen molar-refractivity contribution < 1.29 is 4.42 Å². The molecule has 0 bridgehead atoms. The lowest BCUT2D eigenvalue weighted by Gasteiger charge is -2.27. The zero-order valence-electron chi connectivity index (χ0n) is 26.3. The van der Waals surface area contributed by atoms with Crippen molar-refractivity contribution >= 4 is 71.3 Å². The van der Waals surface area contributed by atoms with Gasteiger partial charge in [0.25, 0.3) is 0 Å². The number of anilines is 3. The Balaban J connectivity index is 1.22. The Morgan fingerprint density at radius 1 is 0.468 bits per heavy atom. The number of rotatable bonds is 3. The average Bonchev–Trinajstić information content (AvgIpc) is 3.62. The molecule has 0 spiro atoms. The third-order valence-electron chi connectivity index (χ3n) is 10.4. The first kappa shape index (κ1) is 26.4. The Morgan fingerprint density at radius 2 is 1.13 bits per heavy atom. The van der Waals surface area contributed by atoms with Gasteiger partial charge in [-0.3, -0.25) is 0 Å². The van der Waals surface area contributed by atoms with Gasteiger partial charge in [0.1, 0.15) is 5.58 Å². The molecule has 47 heavy (non-hydrogen) atoms. The zero-order chi connectivity index (χ0) is 31.3. The Kier molecular flexibility index (Phi) is 5.37. The van der Waals surface area contributed by atoms with Crippen LogP contribution in [0.1, 0.15) is 25.0 Å². The molecule has 0 amide bonds. The number of benzene rings is 8. The van der Waals surface area contributed by atoms with Gasteiger partial charge in [-0.25, -0.2) is 0 Å². The Morgan fingerprint density at radius 3 is 1.94 bits per heavy atom. The van der Waals surface area contributed by atoms with Crippen LogP contribution >= 0.6 is 0 Å². The average molecular weight is 602 g/mol. The van der Waals surface area contributed by atoms with Gasteiger partial charge < -0.3 is 9.32 Å². The van der Waals surface area contributed by atoms with Crippen molar-refractivity contribution in [2.75, 3.05) is 4.90 Å². The first-order valence-electron chi connectivity index (χ1n) is 16.4. The Hall–Kier alpha value is -5.86. The molecule has 0 unspecified atom stereocenters. The van der Waals surface area contributed by atoms with Gasteiger partial charge in [0.15, 0.2) is 5.58 Å². The van der Waals surface area contributed by atoms with E-state index >= 15 is 0 Å². The highest BCUT2D eigenvalue weighted by Crippen LogP contribution is 2.56. The summed E-state index contributed by atoms with van der Waals surface area (Å²) in [6, 6.07) is 54.9. The Labute approximate surface area is 273 Å². The second-order valence-corrected chi connectivity index (χ2v) is 13.3. The summed E-state index contributed by atoms with van der Waals surface area (Å²) in [5, 5.41) is 10.1. The van der Waals surface area contributed by atoms with E-state index in [1.807, 2.05) is 6.07 Å². The summed E-state index contributed by atoms with van der Waals surface area (Å²) in [5.41, 5.74) is 10.4. The third kappa shape index (κ3) is 3.61. The normalized spacial score (nSPS) is 13.5. The van der Waals surface area contributed by atoms with E-state index in [1.54, 1.807) is 0 Å². The van der Waals surface area contributed by atoms with Gasteiger partial charge in [0.2, 0.25) is 0 Å². The minimum atomic E-state index is -0.172. The lowest BCUT2D eigenvalue weighted by molar-refractivity contribution is 0.669. The first-order chi connectivity index (χ1) is 23.1. The summed E-state index contributed by atoms with van der Waals surface area (Å²) in [6.45, 7) is 4.82. The molecule has 10 rings (SSSR count). The van der Waals surface area contributed by atoms with Crippen LogP contribution in [0, 0.1) is 0 Å². The van der Waals surface area contributed by atoms with E-state index in [9.17, 15) is 0 Å². The second-order valence-electron chi connectivity index (χ2n) is 13.3. The summed E-state index contributed by atoms with van der Waals surface area (Å²) in [4.78, 5) is 2.33. The maximum Gasteiger partial charge on any atom is 0.159 e. The molecule has 0 fully saturated rings. The van der Waals surface area contributed by atoms with Crippen LogP contribution in [0.2, 0.25) is 0 Å². The molecule has 1 heterocycles. The molecular weight excluding hydrogens is 571 g/mol. The summed E-state index contributed by atoms with van der Waals surface area (Å²) >= 11 is 0. The van der Waals surface area contributed by atoms with Crippen LogP contribution in [0.3, 0.4) is 0 Å². The SMILES string of the molecule is CC1(C)c2c(ccc3cc(N(c4ccccc4)c4cccc5c4oc4ccccc45)ccc23)-c2c1c1ccccc1c1ccccc21. The molecule has 2 nitrogen and oxygen atoms in total. The fourth-order valence-electron chi connectivity index (χ4n) is 8.45. The van der Waals surface area contributed by atoms with Gasteiger partial charge in [-0.2, -0.15) is 0 Å². The molecule has 9 aromatic rings. The summed E-state index contributed by atoms with van der Waals surface area (Å²) in [6.07, 6.45) is 0. The van der Waals surface area contributed by atoms with E-state index in [0.29, 0.717) is 0 Å². The van der Waals surface area contributed by atoms with Gasteiger partial charge in [0, 0.05) is 27.6 Å². The predicted octanol–water partition coefficient (Wildman–Crippen LogP) is 12.8. The molecular formula is C45H31NO. The first-order valence-corrected chi connectivity index (χ1v) is 16.4. The Bertz CT molecular complexity index is 2720. The fourth-order valence-corrected chi connectivity index (χ4v) is 8.45. The number of hydrogen-bond donors (Lipinski definition) is 0. The van der Waals surface area contributed by atoms with Crippen molar-refractivity contribution in [1.82, 2.24) is 0 Å². The molecule has 0 atom stereocenters. The molecule has 222 valence electrons. The van der Waals surface area contributed by atoms with Crippen molar-refractivity contribution in [2.45, 2.75) is 19.3 Å². The number of fused-ring (bicyclic) bond motifs is 13. The molecule has 0 aliphatic heterocycles. The van der Waals surface area contributed by atoms with Crippen molar-refractivity contribution in [3.63, 3.8) is 0 Å². The van der Waals surface area contributed by atoms with Crippen LogP contribution in [0.4, 0.5) is 17.1 Å². The van der Waals surface area contributed by atoms with Crippen molar-refractivity contribution in [3.8, 4) is 11.1 Å². The summed E-state index contributed by atoms with van der Waals surface area (Å²) in [5.74, 6) is 0. The number of para-hydroxylation sites is 3. The monoisotopic (exact) mass is 601 g/mol. The fraction of sp³-hybridized carbons (Fsp3) is 0.0667. The lowest BCUT2D eigenvalue weighted by Crippen LogP contribution is -2.16. The van der Waals surface area contributed by atoms with E-state index in [4.69, 9.17) is 4.42 Å². The predicted molar refractivity (Wildman–Crippen MR) is 198 cm³/mol. The molecule has 1 aliphatic rings. The standard InChI is InChI=1S/C45H31NO/c1-45(2)42-31-26-24-30(46(29-13-4-3-5-14-29)39-21-12-20-37-34-17-10-11-22-40(34)47-44(37)39)27-28(31)23-25-38(42)41-35-18-8-6-15-32(35)33-16-7-9-19-36(33)43(41)45/h3-27H,1-2H3. The molecule has 1 aromatic heterocycles. The van der Waals surface area contributed by atoms with E-state index in [0.717, 1.165) is 39.0 Å². The molecule has 0 saturated heterocycles. The van der Waals surface area contributed by atoms with E-state index < -0.39 is 0 Å². The number of hydrogen-bond acceptors (Lipinski definition) is 2. The van der Waals surface area contributed by atoms with Gasteiger partial charge in [0.05, 0.1) is 5.69 Å². The second kappa shape index (κ2) is 9.57. The van der Waals surface area contributed by atoms with Gasteiger partial charge in [-0.1, -0.05) is 129 Å². The van der Waals surface area contributed by atoms with E-state index in [-0.39, 0.29) is 5.41 Å². The lowest BCUT2D eigenvalue weighted by atomic mass is 9.78. The van der Waals surface area contributed by atoms with Crippen LogP contribution in [-0.4, -0.2) is 0 Å². The van der Waals surface area contributed by atoms with Crippen LogP contribution in [0.25, 0.3) is 65.4 Å². The van der Waals surface area contributed by atoms with Crippen LogP contribution in [0.15, 0.2) is 156 Å². The van der Waals surface area contributed by atoms with Crippen molar-refractivity contribution in [2.24, 2.45) is 0 Å². The highest BCUT2D eigenvalue weighted by molar-refractivity contribution is 6.19. The number of nitrogens with zero attached hydrogens (tertiary/aromatic N) is 1. The van der Waals surface area contributed by atoms with Crippen LogP contribution in [0.5, 0.6) is 0 Å². The molecule has 0 saturated carbocycles. The smallest absolute Gasteiger partial charge is 0.159 e. The van der Waals surface area contributed by atoms with Crippen LogP contribution < -0.4 is 4.90 Å². The topological polar surface area (TPSA) is 16.4 Å². The minimum Gasteiger partial charge on any atom is -0.454 e. The zero-order valence-corrected chi connectivity index (χ0v) is 26.3. The van der Waals surface area contributed by atoms with Gasteiger partial charge in [-0.05, 0) is 91.0 Å². The summed E-state index contributed by atoms with van der Waals surface area (Å²) < 4.78 is 6.55. The highest BCUT2D eigenvalue weighted by atomic mass is 16.3. The molecule has 8 aromatic carbocycles. The molecule has 0 radical (unpaired) electrons. The molecule has 2 heteroatoms. The minimum absolute atomic E-state index is 0.172. The third-order valence-corrected chi connectivity index (χ3v) is 10.4. The van der Waals surface area contributed by atoms with Crippen molar-refractivity contribution in [1.29, 1.82) is 0 Å². The van der Waals surface area contributed by atoms with E-state index in [1.165, 1.54) is 54.6 Å². The molecule has 1 aliphatic carbocycles. The maximum atomic E-state index is 6.55. The quantitative estimate of drug-likeness (QED) is 0.187. The number of furan rings is 1. The largest absolute Gasteiger partial charge is 0.454 e. The maximum absolute atomic E-state index is 6.55. The van der Waals surface area contributed by atoms with Gasteiger partial charge >= 0.3 is 0 Å². The van der Waals surface area contributed by atoms with Crippen molar-refractivity contribution in [3.05, 3.63) is 163 Å². The highest BCUT2D eigenvalue weighted by Gasteiger charge is 2.39. The molecule has 0 N–H and O–H groups in total. The summed E-state index contributed by atoms with van der Waals surface area (Å²) in [7, 11) is 0. The van der Waals surface area contributed by atoms with Gasteiger partial charge in [-0.15, -0.1) is 0 Å². The van der Waals surface area contributed by atoms with E-state index in [2.05, 4.69) is 164 Å². The van der Waals surface area contributed by atoms with Crippen LogP contribution in [-0.2, 0) is 5.41 Å².